The Balaban J connectivity index is 2.91. The van der Waals surface area contributed by atoms with Gasteiger partial charge in [0.15, 0.2) is 0 Å². The average Bonchev–Trinajstić information content (AvgIpc) is 2.77. The van der Waals surface area contributed by atoms with Gasteiger partial charge in [-0.15, -0.1) is 0 Å². The van der Waals surface area contributed by atoms with Crippen molar-refractivity contribution >= 4 is 11.6 Å². The second kappa shape index (κ2) is 7.85. The van der Waals surface area contributed by atoms with Crippen molar-refractivity contribution in [2.24, 2.45) is 5.92 Å². The van der Waals surface area contributed by atoms with Gasteiger partial charge in [0.25, 0.3) is 0 Å². The number of nitrogens with zero attached hydrogens (tertiary/aromatic N) is 2. The van der Waals surface area contributed by atoms with Crippen LogP contribution in [0.4, 0.5) is 0 Å². The summed E-state index contributed by atoms with van der Waals surface area (Å²) >= 11 is 6.06. The normalized spacial score (nSPS) is 14.9. The SMILES string of the molecule is CCC(CC)C(O)C(O)c1c(Cl)cnn1CCOC. The van der Waals surface area contributed by atoms with Gasteiger partial charge in [0.2, 0.25) is 0 Å². The second-order valence-corrected chi connectivity index (χ2v) is 5.01. The van der Waals surface area contributed by atoms with E-state index >= 15 is 0 Å². The van der Waals surface area contributed by atoms with Crippen LogP contribution in [0.25, 0.3) is 0 Å². The summed E-state index contributed by atoms with van der Waals surface area (Å²) in [5.74, 6) is 0.0387. The van der Waals surface area contributed by atoms with E-state index in [4.69, 9.17) is 16.3 Å². The van der Waals surface area contributed by atoms with Crippen molar-refractivity contribution in [2.75, 3.05) is 13.7 Å². The molecule has 0 bridgehead atoms. The predicted molar refractivity (Wildman–Crippen MR) is 74.2 cm³/mol. The lowest BCUT2D eigenvalue weighted by Crippen LogP contribution is -2.29. The highest BCUT2D eigenvalue weighted by Gasteiger charge is 2.29. The molecule has 0 aliphatic heterocycles. The molecule has 2 N–H and O–H groups in total. The summed E-state index contributed by atoms with van der Waals surface area (Å²) in [6, 6.07) is 0. The maximum atomic E-state index is 10.3. The van der Waals surface area contributed by atoms with Gasteiger partial charge in [0, 0.05) is 7.11 Å². The minimum atomic E-state index is -1.03. The molecule has 0 radical (unpaired) electrons. The van der Waals surface area contributed by atoms with Crippen molar-refractivity contribution in [1.29, 1.82) is 0 Å². The molecule has 0 fully saturated rings. The zero-order valence-corrected chi connectivity index (χ0v) is 12.5. The molecular formula is C13H23ClN2O3. The molecule has 2 unspecified atom stereocenters. The third-order valence-corrected chi connectivity index (χ3v) is 3.77. The summed E-state index contributed by atoms with van der Waals surface area (Å²) in [5.41, 5.74) is 0.457. The van der Waals surface area contributed by atoms with Crippen LogP contribution in [-0.4, -0.2) is 39.8 Å². The number of methoxy groups -OCH3 is 1. The Morgan fingerprint density at radius 1 is 1.37 bits per heavy atom. The van der Waals surface area contributed by atoms with Crippen molar-refractivity contribution < 1.29 is 14.9 Å². The summed E-state index contributed by atoms with van der Waals surface area (Å²) in [6.45, 7) is 4.95. The summed E-state index contributed by atoms with van der Waals surface area (Å²) in [5, 5.41) is 25.0. The Hall–Kier alpha value is -0.620. The smallest absolute Gasteiger partial charge is 0.123 e. The summed E-state index contributed by atoms with van der Waals surface area (Å²) in [6.07, 6.45) is 1.22. The fourth-order valence-electron chi connectivity index (χ4n) is 2.21. The Bertz CT molecular complexity index is 380. The number of ether oxygens (including phenoxy) is 1. The predicted octanol–water partition coefficient (Wildman–Crippen LogP) is 2.01. The van der Waals surface area contributed by atoms with Gasteiger partial charge in [0.05, 0.1) is 36.2 Å². The van der Waals surface area contributed by atoms with Crippen LogP contribution in [0.3, 0.4) is 0 Å². The molecule has 19 heavy (non-hydrogen) atoms. The lowest BCUT2D eigenvalue weighted by atomic mass is 9.91. The van der Waals surface area contributed by atoms with E-state index in [1.165, 1.54) is 6.20 Å². The Morgan fingerprint density at radius 3 is 2.53 bits per heavy atom. The van der Waals surface area contributed by atoms with E-state index in [2.05, 4.69) is 5.10 Å². The summed E-state index contributed by atoms with van der Waals surface area (Å²) in [4.78, 5) is 0. The standard InChI is InChI=1S/C13H23ClN2O3/c1-4-9(5-2)12(17)13(18)11-10(14)8-15-16(11)6-7-19-3/h8-9,12-13,17-18H,4-7H2,1-3H3. The van der Waals surface area contributed by atoms with Crippen LogP contribution in [0.15, 0.2) is 6.20 Å². The van der Waals surface area contributed by atoms with Crippen molar-refractivity contribution in [2.45, 2.75) is 45.4 Å². The van der Waals surface area contributed by atoms with Crippen LogP contribution >= 0.6 is 11.6 Å². The van der Waals surface area contributed by atoms with E-state index in [1.807, 2.05) is 13.8 Å². The van der Waals surface area contributed by atoms with Crippen LogP contribution in [-0.2, 0) is 11.3 Å². The maximum Gasteiger partial charge on any atom is 0.123 e. The van der Waals surface area contributed by atoms with Crippen molar-refractivity contribution in [1.82, 2.24) is 9.78 Å². The number of halogens is 1. The first-order chi connectivity index (χ1) is 9.06. The van der Waals surface area contributed by atoms with E-state index in [0.29, 0.717) is 23.9 Å². The molecule has 2 atom stereocenters. The highest BCUT2D eigenvalue weighted by atomic mass is 35.5. The fourth-order valence-corrected chi connectivity index (χ4v) is 2.47. The molecule has 0 spiro atoms. The Labute approximate surface area is 119 Å². The molecule has 1 aromatic heterocycles. The first kappa shape index (κ1) is 16.4. The number of hydrogen-bond acceptors (Lipinski definition) is 4. The molecule has 1 heterocycles. The van der Waals surface area contributed by atoms with Gasteiger partial charge in [-0.25, -0.2) is 0 Å². The lowest BCUT2D eigenvalue weighted by molar-refractivity contribution is -0.0256. The van der Waals surface area contributed by atoms with Gasteiger partial charge in [-0.1, -0.05) is 38.3 Å². The fraction of sp³-hybridized carbons (Fsp3) is 0.769. The number of aliphatic hydroxyl groups excluding tert-OH is 2. The van der Waals surface area contributed by atoms with Crippen LogP contribution < -0.4 is 0 Å². The molecular weight excluding hydrogens is 268 g/mol. The van der Waals surface area contributed by atoms with Crippen LogP contribution in [0.1, 0.15) is 38.5 Å². The molecule has 5 nitrogen and oxygen atoms in total. The Kier molecular flexibility index (Phi) is 6.79. The topological polar surface area (TPSA) is 67.5 Å². The molecule has 0 aliphatic rings. The van der Waals surface area contributed by atoms with E-state index in [0.717, 1.165) is 12.8 Å². The van der Waals surface area contributed by atoms with E-state index in [9.17, 15) is 10.2 Å². The van der Waals surface area contributed by atoms with Crippen molar-refractivity contribution in [3.8, 4) is 0 Å². The number of aliphatic hydroxyl groups is 2. The van der Waals surface area contributed by atoms with E-state index in [-0.39, 0.29) is 5.92 Å². The zero-order chi connectivity index (χ0) is 14.4. The van der Waals surface area contributed by atoms with Crippen LogP contribution in [0.2, 0.25) is 5.02 Å². The molecule has 0 saturated carbocycles. The number of rotatable bonds is 8. The second-order valence-electron chi connectivity index (χ2n) is 4.61. The molecule has 6 heteroatoms. The molecule has 0 amide bonds. The lowest BCUT2D eigenvalue weighted by Gasteiger charge is -2.25. The van der Waals surface area contributed by atoms with Gasteiger partial charge < -0.3 is 14.9 Å². The highest BCUT2D eigenvalue weighted by molar-refractivity contribution is 6.31. The molecule has 110 valence electrons. The highest BCUT2D eigenvalue weighted by Crippen LogP contribution is 2.30. The maximum absolute atomic E-state index is 10.3. The quantitative estimate of drug-likeness (QED) is 0.768. The first-order valence-corrected chi connectivity index (χ1v) is 7.00. The molecule has 1 rings (SSSR count). The molecule has 0 saturated heterocycles. The minimum absolute atomic E-state index is 0.0387. The van der Waals surface area contributed by atoms with Gasteiger partial charge in [0.1, 0.15) is 6.10 Å². The summed E-state index contributed by atoms with van der Waals surface area (Å²) < 4.78 is 6.58. The van der Waals surface area contributed by atoms with E-state index < -0.39 is 12.2 Å². The zero-order valence-electron chi connectivity index (χ0n) is 11.7. The third kappa shape index (κ3) is 3.92. The number of hydrogen-bond donors (Lipinski definition) is 2. The van der Waals surface area contributed by atoms with Crippen molar-refractivity contribution in [3.05, 3.63) is 16.9 Å². The summed E-state index contributed by atoms with van der Waals surface area (Å²) in [7, 11) is 1.60. The van der Waals surface area contributed by atoms with Crippen LogP contribution in [0.5, 0.6) is 0 Å². The van der Waals surface area contributed by atoms with Gasteiger partial charge in [-0.05, 0) is 5.92 Å². The van der Waals surface area contributed by atoms with Gasteiger partial charge >= 0.3 is 0 Å². The van der Waals surface area contributed by atoms with Crippen LogP contribution in [0, 0.1) is 5.92 Å². The Morgan fingerprint density at radius 2 is 2.00 bits per heavy atom. The van der Waals surface area contributed by atoms with Gasteiger partial charge in [-0.2, -0.15) is 5.10 Å². The molecule has 0 aromatic carbocycles. The molecule has 0 aliphatic carbocycles. The minimum Gasteiger partial charge on any atom is -0.390 e. The number of aromatic nitrogens is 2. The van der Waals surface area contributed by atoms with E-state index in [1.54, 1.807) is 11.8 Å². The third-order valence-electron chi connectivity index (χ3n) is 3.48. The average molecular weight is 291 g/mol. The monoisotopic (exact) mass is 290 g/mol. The largest absolute Gasteiger partial charge is 0.390 e. The first-order valence-electron chi connectivity index (χ1n) is 6.63. The molecule has 1 aromatic rings. The van der Waals surface area contributed by atoms with Crippen molar-refractivity contribution in [3.63, 3.8) is 0 Å². The van der Waals surface area contributed by atoms with Gasteiger partial charge in [-0.3, -0.25) is 4.68 Å².